The molecule has 0 spiro atoms. The zero-order valence-electron chi connectivity index (χ0n) is 0.816. The molecule has 0 aromatic carbocycles. The minimum atomic E-state index is 0. The van der Waals surface area contributed by atoms with E-state index in [1.807, 2.05) is 0 Å². The summed E-state index contributed by atoms with van der Waals surface area (Å²) >= 11 is 0. The molecule has 0 aromatic rings. The Morgan fingerprint density at radius 2 is 1.00 bits per heavy atom. The Kier molecular flexibility index (Phi) is 641. The molecule has 0 aliphatic heterocycles. The normalized spacial score (nSPS) is 0. The van der Waals surface area contributed by atoms with E-state index in [2.05, 4.69) is 0 Å². The van der Waals surface area contributed by atoms with Gasteiger partial charge in [-0.1, -0.05) is 0 Å². The van der Waals surface area contributed by atoms with E-state index in [1.54, 1.807) is 0 Å². The van der Waals surface area contributed by atoms with Crippen LogP contribution in [-0.4, -0.2) is 31.3 Å². The molecule has 0 unspecified atom stereocenters. The van der Waals surface area contributed by atoms with Crippen LogP contribution < -0.4 is 0 Å². The van der Waals surface area contributed by atoms with Crippen LogP contribution in [0, 0.1) is 0 Å². The summed E-state index contributed by atoms with van der Waals surface area (Å²) in [6, 6.07) is 0. The summed E-state index contributed by atoms with van der Waals surface area (Å²) in [6.45, 7) is 0. The first-order chi connectivity index (χ1) is 0. The van der Waals surface area contributed by atoms with E-state index in [1.165, 1.54) is 0 Å². The van der Waals surface area contributed by atoms with Crippen LogP contribution in [0.3, 0.4) is 0 Å². The van der Waals surface area contributed by atoms with Gasteiger partial charge in [-0.25, -0.2) is 0 Å². The summed E-state index contributed by atoms with van der Waals surface area (Å²) in [5, 5.41) is 0. The molecule has 30 valence electrons. The molecule has 4 heteroatoms. The molecule has 0 radical (unpaired) electrons. The molecule has 0 heterocycles. The summed E-state index contributed by atoms with van der Waals surface area (Å²) in [5.74, 6) is 0. The van der Waals surface area contributed by atoms with Crippen LogP contribution in [0.2, 0.25) is 0 Å². The van der Waals surface area contributed by atoms with Crippen LogP contribution in [0.4, 0.5) is 0 Å². The summed E-state index contributed by atoms with van der Waals surface area (Å²) < 4.78 is 0. The van der Waals surface area contributed by atoms with E-state index in [4.69, 9.17) is 0 Å². The minimum Gasteiger partial charge on any atom is -0.412 e. The molecular formula is H8AlBNiO. The van der Waals surface area contributed by atoms with Crippen molar-refractivity contribution in [3.63, 3.8) is 0 Å². The first-order valence-electron chi connectivity index (χ1n) is 0. The fourth-order valence-corrected chi connectivity index (χ4v) is 0. The van der Waals surface area contributed by atoms with Gasteiger partial charge in [0.15, 0.2) is 17.4 Å². The van der Waals surface area contributed by atoms with Crippen LogP contribution in [0.5, 0.6) is 0 Å². The molecule has 0 aromatic heterocycles. The first kappa shape index (κ1) is 75.0. The van der Waals surface area contributed by atoms with E-state index in [0.29, 0.717) is 0 Å². The monoisotopic (exact) mass is 120 g/mol. The second kappa shape index (κ2) is 34.1. The molecule has 0 bridgehead atoms. The predicted octanol–water partition coefficient (Wildman–Crippen LogP) is -3.20. The van der Waals surface area contributed by atoms with Crippen LogP contribution in [0.15, 0.2) is 0 Å². The van der Waals surface area contributed by atoms with Gasteiger partial charge in [0.1, 0.15) is 0 Å². The van der Waals surface area contributed by atoms with Crippen molar-refractivity contribution in [1.82, 2.24) is 0 Å². The van der Waals surface area contributed by atoms with Gasteiger partial charge in [0.2, 0.25) is 0 Å². The van der Waals surface area contributed by atoms with E-state index >= 15 is 0 Å². The zero-order chi connectivity index (χ0) is 0. The van der Waals surface area contributed by atoms with Crippen LogP contribution in [0.1, 0.15) is 0 Å². The summed E-state index contributed by atoms with van der Waals surface area (Å²) in [6.07, 6.45) is 0. The third-order valence-electron chi connectivity index (χ3n) is 0. The molecule has 0 saturated heterocycles. The van der Waals surface area contributed by atoms with Crippen LogP contribution in [0.25, 0.3) is 0 Å². The number of hydrogen-bond acceptors (Lipinski definition) is 0. The van der Waals surface area contributed by atoms with Crippen molar-refractivity contribution in [3.8, 4) is 0 Å². The maximum Gasteiger partial charge on any atom is 0.187 e. The van der Waals surface area contributed by atoms with Crippen molar-refractivity contribution < 1.29 is 22.0 Å². The maximum absolute atomic E-state index is 0. The molecule has 0 aliphatic carbocycles. The second-order valence-electron chi connectivity index (χ2n) is 0. The first-order valence-corrected chi connectivity index (χ1v) is 0. The van der Waals surface area contributed by atoms with Crippen molar-refractivity contribution >= 4 is 25.8 Å². The standard InChI is InChI=1S/Al.BH3.Ni.H2O.3H/h;1H3;;1H2;;;. The van der Waals surface area contributed by atoms with Crippen molar-refractivity contribution in [2.45, 2.75) is 0 Å². The Morgan fingerprint density at radius 3 is 1.00 bits per heavy atom. The van der Waals surface area contributed by atoms with Crippen LogP contribution in [-0.2, 0) is 16.5 Å². The van der Waals surface area contributed by atoms with Gasteiger partial charge in [-0.2, -0.15) is 0 Å². The van der Waals surface area contributed by atoms with Gasteiger partial charge in [-0.3, -0.25) is 0 Å². The molecule has 0 aliphatic rings. The van der Waals surface area contributed by atoms with Gasteiger partial charge in [-0.05, 0) is 0 Å². The smallest absolute Gasteiger partial charge is 0.187 e. The van der Waals surface area contributed by atoms with Gasteiger partial charge < -0.3 is 5.48 Å². The topological polar surface area (TPSA) is 31.5 Å². The van der Waals surface area contributed by atoms with Gasteiger partial charge >= 0.3 is 0 Å². The zero-order valence-corrected chi connectivity index (χ0v) is 1.80. The SMILES string of the molecule is B.O.[AlH3].[Ni]. The van der Waals surface area contributed by atoms with Gasteiger partial charge in [0.25, 0.3) is 0 Å². The summed E-state index contributed by atoms with van der Waals surface area (Å²) in [4.78, 5) is 0. The number of hydrogen-bond donors (Lipinski definition) is 0. The quantitative estimate of drug-likeness (QED) is 0.302. The third-order valence-corrected chi connectivity index (χ3v) is 0. The fourth-order valence-electron chi connectivity index (χ4n) is 0. The average Bonchev–Trinajstić information content (AvgIpc) is 0. The average molecular weight is 121 g/mol. The largest absolute Gasteiger partial charge is 0.412 e. The molecule has 2 N–H and O–H groups in total. The van der Waals surface area contributed by atoms with Crippen molar-refractivity contribution in [2.75, 3.05) is 0 Å². The van der Waals surface area contributed by atoms with E-state index in [-0.39, 0.29) is 47.7 Å². The Balaban J connectivity index is 0. The fraction of sp³-hybridized carbons (Fsp3) is 0. The minimum absolute atomic E-state index is 0. The Labute approximate surface area is 48.1 Å². The molecule has 0 amide bonds. The predicted molar refractivity (Wildman–Crippen MR) is 23.5 cm³/mol. The molecule has 0 rings (SSSR count). The van der Waals surface area contributed by atoms with Gasteiger partial charge in [-0.15, -0.1) is 0 Å². The number of rotatable bonds is 0. The Morgan fingerprint density at radius 1 is 1.00 bits per heavy atom. The Hall–Kier alpha value is 1.05. The van der Waals surface area contributed by atoms with E-state index in [9.17, 15) is 0 Å². The van der Waals surface area contributed by atoms with Gasteiger partial charge in [0, 0.05) is 16.5 Å². The molecule has 4 heavy (non-hydrogen) atoms. The van der Waals surface area contributed by atoms with Crippen molar-refractivity contribution in [1.29, 1.82) is 0 Å². The second-order valence-corrected chi connectivity index (χ2v) is 0. The van der Waals surface area contributed by atoms with E-state index in [0.717, 1.165) is 0 Å². The summed E-state index contributed by atoms with van der Waals surface area (Å²) in [7, 11) is 0. The van der Waals surface area contributed by atoms with Crippen molar-refractivity contribution in [2.24, 2.45) is 0 Å². The molecule has 0 atom stereocenters. The van der Waals surface area contributed by atoms with Gasteiger partial charge in [0.05, 0.1) is 8.41 Å². The molecular weight excluding hydrogens is 112 g/mol. The maximum atomic E-state index is 0. The molecule has 0 fully saturated rings. The van der Waals surface area contributed by atoms with E-state index < -0.39 is 0 Å². The summed E-state index contributed by atoms with van der Waals surface area (Å²) in [5.41, 5.74) is 0. The molecule has 1 nitrogen and oxygen atoms in total. The third kappa shape index (κ3) is 11.6. The Bertz CT molecular complexity index is 8.00. The van der Waals surface area contributed by atoms with Crippen molar-refractivity contribution in [3.05, 3.63) is 0 Å². The van der Waals surface area contributed by atoms with Crippen LogP contribution >= 0.6 is 0 Å². The molecule has 0 saturated carbocycles.